The predicted molar refractivity (Wildman–Crippen MR) is 75.4 cm³/mol. The Balaban J connectivity index is 2.61. The number of methoxy groups -OCH3 is 1. The lowest BCUT2D eigenvalue weighted by Crippen LogP contribution is -2.22. The fourth-order valence-corrected chi connectivity index (χ4v) is 1.81. The van der Waals surface area contributed by atoms with Crippen molar-refractivity contribution in [2.45, 2.75) is 39.5 Å². The lowest BCUT2D eigenvalue weighted by Gasteiger charge is -2.15. The summed E-state index contributed by atoms with van der Waals surface area (Å²) >= 11 is 6.20. The zero-order valence-electron chi connectivity index (χ0n) is 11.5. The van der Waals surface area contributed by atoms with Gasteiger partial charge in [0.15, 0.2) is 0 Å². The second kappa shape index (κ2) is 7.62. The number of hydrogen-bond donors (Lipinski definition) is 1. The molecule has 18 heavy (non-hydrogen) atoms. The second-order valence-electron chi connectivity index (χ2n) is 4.68. The zero-order chi connectivity index (χ0) is 13.5. The monoisotopic (exact) mass is 271 g/mol. The summed E-state index contributed by atoms with van der Waals surface area (Å²) in [6.07, 6.45) is -0.00728. The molecule has 0 aliphatic carbocycles. The third-order valence-corrected chi connectivity index (χ3v) is 2.74. The molecule has 0 fully saturated rings. The van der Waals surface area contributed by atoms with Crippen molar-refractivity contribution in [3.63, 3.8) is 0 Å². The predicted octanol–water partition coefficient (Wildman–Crippen LogP) is 3.25. The van der Waals surface area contributed by atoms with Crippen LogP contribution < -0.4 is 10.1 Å². The van der Waals surface area contributed by atoms with Gasteiger partial charge in [0, 0.05) is 19.7 Å². The van der Waals surface area contributed by atoms with Crippen LogP contribution in [-0.4, -0.2) is 25.9 Å². The topological polar surface area (TPSA) is 30.5 Å². The van der Waals surface area contributed by atoms with Crippen LogP contribution in [0.1, 0.15) is 26.3 Å². The molecule has 1 atom stereocenters. The van der Waals surface area contributed by atoms with Crippen molar-refractivity contribution in [1.29, 1.82) is 0 Å². The van der Waals surface area contributed by atoms with Gasteiger partial charge in [-0.25, -0.2) is 0 Å². The van der Waals surface area contributed by atoms with E-state index in [0.717, 1.165) is 12.1 Å². The number of benzene rings is 1. The van der Waals surface area contributed by atoms with E-state index in [9.17, 15) is 0 Å². The fraction of sp³-hybridized carbons (Fsp3) is 0.571. The summed E-state index contributed by atoms with van der Waals surface area (Å²) in [5, 5.41) is 3.99. The smallest absolute Gasteiger partial charge is 0.138 e. The molecule has 1 aromatic carbocycles. The summed E-state index contributed by atoms with van der Waals surface area (Å²) in [5.74, 6) is 0.703. The van der Waals surface area contributed by atoms with Gasteiger partial charge in [0.2, 0.25) is 0 Å². The Bertz CT molecular complexity index is 369. The van der Waals surface area contributed by atoms with E-state index in [0.29, 0.717) is 23.4 Å². The summed E-state index contributed by atoms with van der Waals surface area (Å²) in [5.41, 5.74) is 1.15. The molecule has 0 bridgehead atoms. The van der Waals surface area contributed by atoms with Crippen molar-refractivity contribution in [2.24, 2.45) is 0 Å². The van der Waals surface area contributed by atoms with E-state index in [4.69, 9.17) is 21.1 Å². The van der Waals surface area contributed by atoms with Crippen LogP contribution in [0.5, 0.6) is 5.75 Å². The van der Waals surface area contributed by atoms with Gasteiger partial charge in [-0.15, -0.1) is 0 Å². The fourth-order valence-electron chi connectivity index (χ4n) is 1.56. The molecule has 1 rings (SSSR count). The Morgan fingerprint density at radius 2 is 2.00 bits per heavy atom. The van der Waals surface area contributed by atoms with E-state index in [1.165, 1.54) is 0 Å². The van der Waals surface area contributed by atoms with Gasteiger partial charge < -0.3 is 14.8 Å². The summed E-state index contributed by atoms with van der Waals surface area (Å²) in [4.78, 5) is 0. The normalized spacial score (nSPS) is 12.8. The molecule has 0 saturated carbocycles. The van der Waals surface area contributed by atoms with Crippen LogP contribution in [0.15, 0.2) is 18.2 Å². The molecule has 3 nitrogen and oxygen atoms in total. The van der Waals surface area contributed by atoms with Gasteiger partial charge in [-0.2, -0.15) is 0 Å². The highest BCUT2D eigenvalue weighted by molar-refractivity contribution is 6.32. The number of halogens is 1. The number of rotatable bonds is 7. The number of hydrogen-bond acceptors (Lipinski definition) is 3. The van der Waals surface area contributed by atoms with Gasteiger partial charge in [0.05, 0.1) is 11.6 Å². The quantitative estimate of drug-likeness (QED) is 0.826. The summed E-state index contributed by atoms with van der Waals surface area (Å²) in [7, 11) is 1.65. The highest BCUT2D eigenvalue weighted by atomic mass is 35.5. The molecule has 0 amide bonds. The van der Waals surface area contributed by atoms with Gasteiger partial charge in [-0.1, -0.05) is 31.5 Å². The minimum Gasteiger partial charge on any atom is -0.487 e. The van der Waals surface area contributed by atoms with Crippen molar-refractivity contribution in [1.82, 2.24) is 5.32 Å². The molecule has 0 saturated heterocycles. The van der Waals surface area contributed by atoms with Crippen LogP contribution in [0, 0.1) is 0 Å². The molecule has 4 heteroatoms. The first-order chi connectivity index (χ1) is 8.52. The Morgan fingerprint density at radius 1 is 1.28 bits per heavy atom. The summed E-state index contributed by atoms with van der Waals surface area (Å²) in [6.45, 7) is 7.55. The first-order valence-corrected chi connectivity index (χ1v) is 6.58. The molecule has 0 aromatic heterocycles. The van der Waals surface area contributed by atoms with Crippen molar-refractivity contribution < 1.29 is 9.47 Å². The Hall–Kier alpha value is -0.770. The molecule has 1 unspecified atom stereocenters. The first-order valence-electron chi connectivity index (χ1n) is 6.20. The zero-order valence-corrected chi connectivity index (χ0v) is 12.3. The largest absolute Gasteiger partial charge is 0.487 e. The molecule has 0 heterocycles. The van der Waals surface area contributed by atoms with E-state index < -0.39 is 0 Å². The molecule has 0 spiro atoms. The third-order valence-electron chi connectivity index (χ3n) is 2.44. The van der Waals surface area contributed by atoms with E-state index in [1.54, 1.807) is 7.11 Å². The first kappa shape index (κ1) is 15.3. The average molecular weight is 272 g/mol. The molecular weight excluding hydrogens is 250 g/mol. The Kier molecular flexibility index (Phi) is 6.47. The van der Waals surface area contributed by atoms with Gasteiger partial charge >= 0.3 is 0 Å². The van der Waals surface area contributed by atoms with Crippen LogP contribution in [-0.2, 0) is 11.3 Å². The van der Waals surface area contributed by atoms with Crippen LogP contribution in [0.2, 0.25) is 5.02 Å². The molecule has 0 radical (unpaired) electrons. The van der Waals surface area contributed by atoms with Gasteiger partial charge in [-0.3, -0.25) is 0 Å². The maximum Gasteiger partial charge on any atom is 0.138 e. The Labute approximate surface area is 114 Å². The van der Waals surface area contributed by atoms with Gasteiger partial charge in [0.25, 0.3) is 0 Å². The van der Waals surface area contributed by atoms with Crippen molar-refractivity contribution in [3.05, 3.63) is 28.8 Å². The molecule has 1 aromatic rings. The van der Waals surface area contributed by atoms with Crippen LogP contribution in [0.25, 0.3) is 0 Å². The van der Waals surface area contributed by atoms with Gasteiger partial charge in [-0.05, 0) is 24.6 Å². The van der Waals surface area contributed by atoms with Crippen LogP contribution in [0.4, 0.5) is 0 Å². The maximum atomic E-state index is 6.20. The Morgan fingerprint density at radius 3 is 2.56 bits per heavy atom. The molecule has 0 aliphatic rings. The van der Waals surface area contributed by atoms with Crippen molar-refractivity contribution in [2.75, 3.05) is 13.7 Å². The summed E-state index contributed by atoms with van der Waals surface area (Å²) < 4.78 is 10.7. The highest BCUT2D eigenvalue weighted by Crippen LogP contribution is 2.26. The number of ether oxygens (including phenoxy) is 2. The number of nitrogens with one attached hydrogen (secondary N) is 1. The lowest BCUT2D eigenvalue weighted by molar-refractivity contribution is 0.0921. The molecule has 102 valence electrons. The molecule has 0 aliphatic heterocycles. The van der Waals surface area contributed by atoms with Crippen LogP contribution >= 0.6 is 11.6 Å². The van der Waals surface area contributed by atoms with E-state index in [1.807, 2.05) is 25.1 Å². The third kappa shape index (κ3) is 5.25. The van der Waals surface area contributed by atoms with Crippen molar-refractivity contribution in [3.8, 4) is 5.75 Å². The lowest BCUT2D eigenvalue weighted by atomic mass is 10.2. The second-order valence-corrected chi connectivity index (χ2v) is 5.09. The minimum absolute atomic E-state index is 0.00728. The minimum atomic E-state index is -0.00728. The maximum absolute atomic E-state index is 6.20. The van der Waals surface area contributed by atoms with E-state index in [-0.39, 0.29) is 6.10 Å². The van der Waals surface area contributed by atoms with Crippen LogP contribution in [0.3, 0.4) is 0 Å². The molecular formula is C14H22ClNO2. The van der Waals surface area contributed by atoms with Crippen molar-refractivity contribution >= 4 is 11.6 Å². The SMILES string of the molecule is COCC(C)Oc1ccc(CNC(C)C)cc1Cl. The summed E-state index contributed by atoms with van der Waals surface area (Å²) in [6, 6.07) is 6.33. The van der Waals surface area contributed by atoms with E-state index in [2.05, 4.69) is 19.2 Å². The van der Waals surface area contributed by atoms with E-state index >= 15 is 0 Å². The highest BCUT2D eigenvalue weighted by Gasteiger charge is 2.08. The standard InChI is InChI=1S/C14H22ClNO2/c1-10(2)16-8-12-5-6-14(13(15)7-12)18-11(3)9-17-4/h5-7,10-11,16H,8-9H2,1-4H3. The van der Waals surface area contributed by atoms with Gasteiger partial charge in [0.1, 0.15) is 11.9 Å². The average Bonchev–Trinajstić information content (AvgIpc) is 2.30. The molecule has 1 N–H and O–H groups in total.